The van der Waals surface area contributed by atoms with Crippen molar-refractivity contribution in [2.75, 3.05) is 20.6 Å². The molecule has 30 heavy (non-hydrogen) atoms. The van der Waals surface area contributed by atoms with Crippen LogP contribution in [-0.4, -0.2) is 56.7 Å². The molecule has 160 valence electrons. The summed E-state index contributed by atoms with van der Waals surface area (Å²) < 4.78 is 33.1. The SMILES string of the molecule is CNS(=O)(=O)Cc1ccc2c(c1)c(C[C@H]1CCCN1C)c1n2OC(=O)/C=C/C(=O)O1. The van der Waals surface area contributed by atoms with Gasteiger partial charge in [-0.25, -0.2) is 22.7 Å². The summed E-state index contributed by atoms with van der Waals surface area (Å²) in [7, 11) is -0.0550. The highest BCUT2D eigenvalue weighted by molar-refractivity contribution is 7.88. The first-order valence-electron chi connectivity index (χ1n) is 9.67. The average Bonchev–Trinajstić information content (AvgIpc) is 3.21. The van der Waals surface area contributed by atoms with Crippen molar-refractivity contribution in [2.45, 2.75) is 31.1 Å². The summed E-state index contributed by atoms with van der Waals surface area (Å²) in [6, 6.07) is 5.32. The molecular formula is C20H23N3O6S. The van der Waals surface area contributed by atoms with Crippen molar-refractivity contribution < 1.29 is 27.6 Å². The molecular weight excluding hydrogens is 410 g/mol. The summed E-state index contributed by atoms with van der Waals surface area (Å²) in [6.07, 6.45) is 4.67. The molecule has 2 aromatic rings. The number of benzene rings is 1. The molecule has 1 saturated heterocycles. The van der Waals surface area contributed by atoms with Gasteiger partial charge in [0.1, 0.15) is 0 Å². The van der Waals surface area contributed by atoms with Crippen LogP contribution in [0.25, 0.3) is 10.9 Å². The van der Waals surface area contributed by atoms with E-state index in [0.717, 1.165) is 31.5 Å². The van der Waals surface area contributed by atoms with Gasteiger partial charge in [0, 0.05) is 29.1 Å². The lowest BCUT2D eigenvalue weighted by atomic mass is 10.0. The summed E-state index contributed by atoms with van der Waals surface area (Å²) in [4.78, 5) is 31.8. The van der Waals surface area contributed by atoms with Gasteiger partial charge in [0.15, 0.2) is 0 Å². The van der Waals surface area contributed by atoms with Gasteiger partial charge in [-0.3, -0.25) is 0 Å². The molecule has 0 amide bonds. The van der Waals surface area contributed by atoms with Crippen molar-refractivity contribution >= 4 is 32.9 Å². The predicted molar refractivity (Wildman–Crippen MR) is 109 cm³/mol. The number of hydrogen-bond donors (Lipinski definition) is 1. The largest absolute Gasteiger partial charge is 0.403 e. The summed E-state index contributed by atoms with van der Waals surface area (Å²) in [5.41, 5.74) is 1.82. The number of likely N-dealkylation sites (N-methyl/N-ethyl adjacent to an activating group) is 1. The predicted octanol–water partition coefficient (Wildman–Crippen LogP) is 0.758. The molecule has 0 bridgehead atoms. The highest BCUT2D eigenvalue weighted by atomic mass is 32.2. The number of nitrogens with one attached hydrogen (secondary N) is 1. The van der Waals surface area contributed by atoms with E-state index in [4.69, 9.17) is 9.57 Å². The number of carbonyl (C=O) groups is 2. The van der Waals surface area contributed by atoms with E-state index in [9.17, 15) is 18.0 Å². The van der Waals surface area contributed by atoms with Crippen LogP contribution in [0.15, 0.2) is 30.4 Å². The van der Waals surface area contributed by atoms with Crippen molar-refractivity contribution in [2.24, 2.45) is 0 Å². The zero-order valence-electron chi connectivity index (χ0n) is 16.8. The molecule has 1 aromatic heterocycles. The fourth-order valence-electron chi connectivity index (χ4n) is 3.98. The Morgan fingerprint density at radius 2 is 1.97 bits per heavy atom. The average molecular weight is 433 g/mol. The zero-order chi connectivity index (χ0) is 21.5. The Balaban J connectivity index is 1.87. The molecule has 1 N–H and O–H groups in total. The Bertz CT molecular complexity index is 1150. The maximum absolute atomic E-state index is 12.1. The molecule has 0 radical (unpaired) electrons. The monoisotopic (exact) mass is 433 g/mol. The Hall–Kier alpha value is -2.69. The number of ether oxygens (including phenoxy) is 1. The van der Waals surface area contributed by atoms with E-state index in [1.807, 2.05) is 7.05 Å². The van der Waals surface area contributed by atoms with E-state index >= 15 is 0 Å². The number of rotatable bonds is 5. The number of nitrogens with zero attached hydrogens (tertiary/aromatic N) is 2. The number of carbonyl (C=O) groups excluding carboxylic acids is 2. The fourth-order valence-corrected chi connectivity index (χ4v) is 4.74. The Kier molecular flexibility index (Phi) is 5.39. The van der Waals surface area contributed by atoms with Gasteiger partial charge in [0.2, 0.25) is 15.9 Å². The lowest BCUT2D eigenvalue weighted by molar-refractivity contribution is -0.142. The van der Waals surface area contributed by atoms with E-state index in [1.54, 1.807) is 18.2 Å². The highest BCUT2D eigenvalue weighted by Gasteiger charge is 2.29. The first-order chi connectivity index (χ1) is 14.3. The number of fused-ring (bicyclic) bond motifs is 3. The normalized spacial score (nSPS) is 21.1. The summed E-state index contributed by atoms with van der Waals surface area (Å²) in [5.74, 6) is -1.41. The van der Waals surface area contributed by atoms with Crippen LogP contribution in [-0.2, 0) is 31.8 Å². The van der Waals surface area contributed by atoms with Crippen LogP contribution < -0.4 is 14.3 Å². The fraction of sp³-hybridized carbons (Fsp3) is 0.400. The van der Waals surface area contributed by atoms with Gasteiger partial charge in [0.05, 0.1) is 11.3 Å². The number of hydrogen-bond acceptors (Lipinski definition) is 7. The molecule has 0 saturated carbocycles. The smallest absolute Gasteiger partial charge is 0.356 e. The number of esters is 1. The van der Waals surface area contributed by atoms with Crippen molar-refractivity contribution in [3.63, 3.8) is 0 Å². The van der Waals surface area contributed by atoms with Crippen molar-refractivity contribution in [1.29, 1.82) is 0 Å². The van der Waals surface area contributed by atoms with Crippen LogP contribution in [0.5, 0.6) is 5.88 Å². The molecule has 10 heteroatoms. The zero-order valence-corrected chi connectivity index (χ0v) is 17.6. The van der Waals surface area contributed by atoms with Crippen LogP contribution in [0, 0.1) is 0 Å². The van der Waals surface area contributed by atoms with Crippen LogP contribution in [0.2, 0.25) is 0 Å². The Morgan fingerprint density at radius 1 is 1.20 bits per heavy atom. The van der Waals surface area contributed by atoms with E-state index in [-0.39, 0.29) is 17.7 Å². The Morgan fingerprint density at radius 3 is 2.67 bits per heavy atom. The Labute approximate surface area is 174 Å². The second kappa shape index (κ2) is 7.86. The van der Waals surface area contributed by atoms with Gasteiger partial charge < -0.3 is 14.5 Å². The molecule has 1 aromatic carbocycles. The summed E-state index contributed by atoms with van der Waals surface area (Å²) >= 11 is 0. The maximum Gasteiger partial charge on any atom is 0.356 e. The molecule has 1 fully saturated rings. The minimum atomic E-state index is -3.46. The molecule has 2 aliphatic rings. The van der Waals surface area contributed by atoms with E-state index in [2.05, 4.69) is 9.62 Å². The first-order valence-corrected chi connectivity index (χ1v) is 11.3. The number of sulfonamides is 1. The third-order valence-corrected chi connectivity index (χ3v) is 6.90. The maximum atomic E-state index is 12.1. The lowest BCUT2D eigenvalue weighted by Crippen LogP contribution is -2.27. The quantitative estimate of drug-likeness (QED) is 0.694. The van der Waals surface area contributed by atoms with Crippen molar-refractivity contribution in [1.82, 2.24) is 14.4 Å². The summed E-state index contributed by atoms with van der Waals surface area (Å²) in [6.45, 7) is 0.974. The van der Waals surface area contributed by atoms with Crippen LogP contribution in [0.1, 0.15) is 24.0 Å². The standard InChI is InChI=1S/C20H23N3O6S/c1-21-30(26,27)12-13-5-6-17-15(10-13)16(11-14-4-3-9-22(14)2)20-23(17)29-19(25)8-7-18(24)28-20/h5-8,10,14,21H,3-4,9,11-12H2,1-2H3/b8-7+/t14-/m1/s1. The third kappa shape index (κ3) is 3.98. The van der Waals surface area contributed by atoms with E-state index < -0.39 is 22.0 Å². The minimum absolute atomic E-state index is 0.154. The second-order valence-electron chi connectivity index (χ2n) is 7.54. The molecule has 9 nitrogen and oxygen atoms in total. The molecule has 4 rings (SSSR count). The summed E-state index contributed by atoms with van der Waals surface area (Å²) in [5, 5.41) is 0.691. The lowest BCUT2D eigenvalue weighted by Gasteiger charge is -2.20. The number of likely N-dealkylation sites (tertiary alicyclic amines) is 1. The molecule has 0 unspecified atom stereocenters. The molecule has 1 atom stereocenters. The van der Waals surface area contributed by atoms with Gasteiger partial charge in [-0.2, -0.15) is 0 Å². The second-order valence-corrected chi connectivity index (χ2v) is 9.46. The first kappa shape index (κ1) is 20.6. The molecule has 0 spiro atoms. The van der Waals surface area contributed by atoms with E-state index in [1.165, 1.54) is 11.8 Å². The van der Waals surface area contributed by atoms with Gasteiger partial charge in [-0.15, -0.1) is 4.73 Å². The van der Waals surface area contributed by atoms with Crippen molar-refractivity contribution in [3.8, 4) is 5.88 Å². The van der Waals surface area contributed by atoms with Crippen molar-refractivity contribution in [3.05, 3.63) is 41.5 Å². The van der Waals surface area contributed by atoms with Crippen LogP contribution >= 0.6 is 0 Å². The van der Waals surface area contributed by atoms with Crippen LogP contribution in [0.3, 0.4) is 0 Å². The van der Waals surface area contributed by atoms with Crippen LogP contribution in [0.4, 0.5) is 0 Å². The van der Waals surface area contributed by atoms with Gasteiger partial charge >= 0.3 is 11.9 Å². The van der Waals surface area contributed by atoms with Gasteiger partial charge in [-0.05, 0) is 57.6 Å². The third-order valence-electron chi connectivity index (χ3n) is 5.56. The number of aromatic nitrogens is 1. The van der Waals surface area contributed by atoms with Gasteiger partial charge in [0.25, 0.3) is 0 Å². The molecule has 2 aliphatic heterocycles. The molecule has 0 aliphatic carbocycles. The minimum Gasteiger partial charge on any atom is -0.403 e. The topological polar surface area (TPSA) is 107 Å². The van der Waals surface area contributed by atoms with E-state index in [0.29, 0.717) is 28.5 Å². The molecule has 3 heterocycles. The highest BCUT2D eigenvalue weighted by Crippen LogP contribution is 2.36. The van der Waals surface area contributed by atoms with Gasteiger partial charge in [-0.1, -0.05) is 6.07 Å².